The lowest BCUT2D eigenvalue weighted by atomic mass is 9.92. The molecule has 0 atom stereocenters. The molecule has 0 saturated heterocycles. The molecule has 1 aromatic carbocycles. The van der Waals surface area contributed by atoms with Crippen LogP contribution in [0.4, 0.5) is 4.39 Å². The van der Waals surface area contributed by atoms with Crippen molar-refractivity contribution in [1.29, 1.82) is 0 Å². The Labute approximate surface area is 106 Å². The smallest absolute Gasteiger partial charge is 0.132 e. The van der Waals surface area contributed by atoms with Gasteiger partial charge in [-0.2, -0.15) is 5.10 Å². The van der Waals surface area contributed by atoms with Crippen LogP contribution in [-0.4, -0.2) is 10.2 Å². The molecule has 0 aliphatic rings. The summed E-state index contributed by atoms with van der Waals surface area (Å²) in [4.78, 5) is 0. The van der Waals surface area contributed by atoms with E-state index in [2.05, 4.69) is 10.2 Å². The predicted octanol–water partition coefficient (Wildman–Crippen LogP) is 3.45. The zero-order chi connectivity index (χ0) is 13.4. The van der Waals surface area contributed by atoms with Gasteiger partial charge in [-0.1, -0.05) is 19.9 Å². The second kappa shape index (κ2) is 4.44. The number of H-pyrrole nitrogens is 1. The quantitative estimate of drug-likeness (QED) is 0.854. The van der Waals surface area contributed by atoms with Crippen LogP contribution in [0.5, 0.6) is 0 Å². The topological polar surface area (TPSA) is 54.7 Å². The van der Waals surface area contributed by atoms with Gasteiger partial charge >= 0.3 is 0 Å². The molecule has 0 aliphatic carbocycles. The Kier molecular flexibility index (Phi) is 3.11. The second-order valence-corrected chi connectivity index (χ2v) is 4.79. The molecule has 96 valence electrons. The van der Waals surface area contributed by atoms with Crippen LogP contribution in [-0.2, 0) is 0 Å². The molecule has 1 heterocycles. The van der Waals surface area contributed by atoms with Crippen LogP contribution in [0.15, 0.2) is 12.3 Å². The first-order valence-electron chi connectivity index (χ1n) is 6.06. The van der Waals surface area contributed by atoms with E-state index in [9.17, 15) is 4.39 Å². The van der Waals surface area contributed by atoms with Gasteiger partial charge in [0.1, 0.15) is 5.82 Å². The molecule has 4 heteroatoms. The van der Waals surface area contributed by atoms with Crippen molar-refractivity contribution >= 4 is 16.6 Å². The number of hydrogen-bond acceptors (Lipinski definition) is 2. The van der Waals surface area contributed by atoms with E-state index in [1.165, 1.54) is 0 Å². The molecule has 3 nitrogen and oxygen atoms in total. The molecule has 2 aromatic rings. The number of rotatable bonds is 2. The average molecular weight is 247 g/mol. The Morgan fingerprint density at radius 2 is 2.17 bits per heavy atom. The fourth-order valence-corrected chi connectivity index (χ4v) is 2.36. The summed E-state index contributed by atoms with van der Waals surface area (Å²) in [6, 6.07) is 0. The van der Waals surface area contributed by atoms with Crippen molar-refractivity contribution < 1.29 is 4.39 Å². The van der Waals surface area contributed by atoms with Gasteiger partial charge in [-0.25, -0.2) is 4.39 Å². The first kappa shape index (κ1) is 12.6. The van der Waals surface area contributed by atoms with E-state index < -0.39 is 0 Å². The van der Waals surface area contributed by atoms with E-state index in [1.807, 2.05) is 20.8 Å². The number of hydrogen-bond donors (Lipinski definition) is 2. The third kappa shape index (κ3) is 1.68. The van der Waals surface area contributed by atoms with Crippen molar-refractivity contribution in [3.8, 4) is 0 Å². The lowest BCUT2D eigenvalue weighted by Gasteiger charge is -2.15. The van der Waals surface area contributed by atoms with Crippen LogP contribution < -0.4 is 5.73 Å². The largest absolute Gasteiger partial charge is 0.398 e. The Morgan fingerprint density at radius 1 is 1.50 bits per heavy atom. The molecule has 0 amide bonds. The van der Waals surface area contributed by atoms with Gasteiger partial charge < -0.3 is 5.73 Å². The highest BCUT2D eigenvalue weighted by molar-refractivity contribution is 5.94. The standard InChI is InChI=1S/C14H18FN3/c1-5-10(16)12-8(4)13(15)11(7(2)3)14-9(12)6-17-18-14/h5-7H,16H2,1-4H3,(H,17,18)/b10-5-. The summed E-state index contributed by atoms with van der Waals surface area (Å²) >= 11 is 0. The molecular formula is C14H18FN3. The zero-order valence-electron chi connectivity index (χ0n) is 11.1. The fraction of sp³-hybridized carbons (Fsp3) is 0.357. The van der Waals surface area contributed by atoms with Gasteiger partial charge in [0.15, 0.2) is 0 Å². The maximum absolute atomic E-state index is 14.5. The van der Waals surface area contributed by atoms with Crippen LogP contribution in [0, 0.1) is 12.7 Å². The number of halogens is 1. The summed E-state index contributed by atoms with van der Waals surface area (Å²) in [6.45, 7) is 7.54. The van der Waals surface area contributed by atoms with Gasteiger partial charge in [0.05, 0.1) is 11.7 Å². The van der Waals surface area contributed by atoms with Crippen LogP contribution in [0.1, 0.15) is 43.4 Å². The van der Waals surface area contributed by atoms with E-state index >= 15 is 0 Å². The summed E-state index contributed by atoms with van der Waals surface area (Å²) in [5, 5.41) is 7.80. The zero-order valence-corrected chi connectivity index (χ0v) is 11.1. The minimum atomic E-state index is -0.193. The fourth-order valence-electron chi connectivity index (χ4n) is 2.36. The minimum absolute atomic E-state index is 0.0903. The normalized spacial score (nSPS) is 12.7. The SMILES string of the molecule is C/C=C(\N)c1c(C)c(F)c(C(C)C)c2[nH]ncc12. The molecule has 1 aromatic heterocycles. The van der Waals surface area contributed by atoms with Crippen molar-refractivity contribution in [3.05, 3.63) is 34.8 Å². The van der Waals surface area contributed by atoms with Gasteiger partial charge in [-0.05, 0) is 25.3 Å². The van der Waals surface area contributed by atoms with Crippen LogP contribution >= 0.6 is 0 Å². The van der Waals surface area contributed by atoms with Gasteiger partial charge in [-0.15, -0.1) is 0 Å². The van der Waals surface area contributed by atoms with Crippen molar-refractivity contribution in [2.75, 3.05) is 0 Å². The lowest BCUT2D eigenvalue weighted by molar-refractivity contribution is 0.592. The van der Waals surface area contributed by atoms with Crippen molar-refractivity contribution in [3.63, 3.8) is 0 Å². The molecule has 3 N–H and O–H groups in total. The summed E-state index contributed by atoms with van der Waals surface area (Å²) in [5.41, 5.74) is 9.29. The summed E-state index contributed by atoms with van der Waals surface area (Å²) in [7, 11) is 0. The predicted molar refractivity (Wildman–Crippen MR) is 72.7 cm³/mol. The van der Waals surface area contributed by atoms with E-state index in [0.29, 0.717) is 16.8 Å². The third-order valence-corrected chi connectivity index (χ3v) is 3.30. The van der Waals surface area contributed by atoms with Crippen molar-refractivity contribution in [1.82, 2.24) is 10.2 Å². The van der Waals surface area contributed by atoms with Crippen LogP contribution in [0.2, 0.25) is 0 Å². The first-order chi connectivity index (χ1) is 8.49. The number of allylic oxidation sites excluding steroid dienone is 1. The number of benzene rings is 1. The van der Waals surface area contributed by atoms with E-state index in [4.69, 9.17) is 5.73 Å². The Hall–Kier alpha value is -1.84. The highest BCUT2D eigenvalue weighted by atomic mass is 19.1. The van der Waals surface area contributed by atoms with Gasteiger partial charge in [-0.3, -0.25) is 5.10 Å². The van der Waals surface area contributed by atoms with E-state index in [0.717, 1.165) is 16.5 Å². The number of aromatic amines is 1. The second-order valence-electron chi connectivity index (χ2n) is 4.79. The molecule has 0 radical (unpaired) electrons. The number of nitrogens with one attached hydrogen (secondary N) is 1. The molecule has 0 saturated carbocycles. The Morgan fingerprint density at radius 3 is 2.72 bits per heavy atom. The molecule has 0 fully saturated rings. The molecule has 0 unspecified atom stereocenters. The monoisotopic (exact) mass is 247 g/mol. The van der Waals surface area contributed by atoms with E-state index in [1.54, 1.807) is 19.2 Å². The average Bonchev–Trinajstić information content (AvgIpc) is 2.77. The molecular weight excluding hydrogens is 229 g/mol. The Bertz CT molecular complexity index is 623. The first-order valence-corrected chi connectivity index (χ1v) is 6.06. The van der Waals surface area contributed by atoms with Gasteiger partial charge in [0.2, 0.25) is 0 Å². The maximum Gasteiger partial charge on any atom is 0.132 e. The molecule has 0 spiro atoms. The highest BCUT2D eigenvalue weighted by Gasteiger charge is 2.21. The molecule has 2 rings (SSSR count). The van der Waals surface area contributed by atoms with E-state index in [-0.39, 0.29) is 11.7 Å². The van der Waals surface area contributed by atoms with Crippen LogP contribution in [0.25, 0.3) is 16.6 Å². The maximum atomic E-state index is 14.5. The third-order valence-electron chi connectivity index (χ3n) is 3.30. The molecule has 0 bridgehead atoms. The molecule has 0 aliphatic heterocycles. The number of fused-ring (bicyclic) bond motifs is 1. The number of nitrogens with zero attached hydrogens (tertiary/aromatic N) is 1. The summed E-state index contributed by atoms with van der Waals surface area (Å²) in [6.07, 6.45) is 3.49. The minimum Gasteiger partial charge on any atom is -0.398 e. The highest BCUT2D eigenvalue weighted by Crippen LogP contribution is 2.34. The lowest BCUT2D eigenvalue weighted by Crippen LogP contribution is -2.05. The Balaban J connectivity index is 2.95. The number of nitrogens with two attached hydrogens (primary N) is 1. The van der Waals surface area contributed by atoms with Crippen molar-refractivity contribution in [2.24, 2.45) is 5.73 Å². The van der Waals surface area contributed by atoms with Gasteiger partial charge in [0.25, 0.3) is 0 Å². The van der Waals surface area contributed by atoms with Gasteiger partial charge in [0, 0.05) is 22.2 Å². The number of aromatic nitrogens is 2. The summed E-state index contributed by atoms with van der Waals surface area (Å²) < 4.78 is 14.5. The molecule has 18 heavy (non-hydrogen) atoms. The van der Waals surface area contributed by atoms with Crippen LogP contribution in [0.3, 0.4) is 0 Å². The summed E-state index contributed by atoms with van der Waals surface area (Å²) in [5.74, 6) is -0.103. The van der Waals surface area contributed by atoms with Crippen molar-refractivity contribution in [2.45, 2.75) is 33.6 Å².